The fourth-order valence-electron chi connectivity index (χ4n) is 3.90. The minimum absolute atomic E-state index is 0. The maximum Gasteiger partial charge on any atom is 0.211 e. The van der Waals surface area contributed by atoms with Gasteiger partial charge in [0, 0.05) is 39.3 Å². The van der Waals surface area contributed by atoms with Crippen molar-refractivity contribution in [2.24, 2.45) is 22.7 Å². The van der Waals surface area contributed by atoms with E-state index in [-0.39, 0.29) is 24.0 Å². The van der Waals surface area contributed by atoms with Crippen molar-refractivity contribution in [3.63, 3.8) is 0 Å². The molecule has 0 aromatic heterocycles. The molecule has 25 heavy (non-hydrogen) atoms. The van der Waals surface area contributed by atoms with E-state index in [1.807, 2.05) is 0 Å². The third kappa shape index (κ3) is 7.21. The van der Waals surface area contributed by atoms with Crippen molar-refractivity contribution >= 4 is 40.0 Å². The Morgan fingerprint density at radius 3 is 2.20 bits per heavy atom. The summed E-state index contributed by atoms with van der Waals surface area (Å²) in [6, 6.07) is 0. The van der Waals surface area contributed by atoms with E-state index >= 15 is 0 Å². The Bertz CT molecular complexity index is 523. The van der Waals surface area contributed by atoms with Gasteiger partial charge >= 0.3 is 0 Å². The topological polar surface area (TPSA) is 65.0 Å². The number of piperidine rings is 2. The highest BCUT2D eigenvalue weighted by atomic mass is 127. The number of hydrogen-bond acceptors (Lipinski definition) is 3. The predicted molar refractivity (Wildman–Crippen MR) is 115 cm³/mol. The first kappa shape index (κ1) is 23.0. The van der Waals surface area contributed by atoms with Crippen LogP contribution in [0.1, 0.15) is 40.0 Å². The van der Waals surface area contributed by atoms with Crippen LogP contribution in [0.4, 0.5) is 0 Å². The van der Waals surface area contributed by atoms with Gasteiger partial charge in [0.05, 0.1) is 6.26 Å². The van der Waals surface area contributed by atoms with Gasteiger partial charge in [-0.15, -0.1) is 24.0 Å². The van der Waals surface area contributed by atoms with Crippen LogP contribution in [-0.4, -0.2) is 69.1 Å². The predicted octanol–water partition coefficient (Wildman–Crippen LogP) is 2.22. The number of likely N-dealkylation sites (tertiary alicyclic amines) is 1. The van der Waals surface area contributed by atoms with Crippen LogP contribution in [0.15, 0.2) is 4.99 Å². The molecule has 0 spiro atoms. The van der Waals surface area contributed by atoms with E-state index in [9.17, 15) is 8.42 Å². The van der Waals surface area contributed by atoms with Gasteiger partial charge in [-0.1, -0.05) is 13.8 Å². The first-order valence-electron chi connectivity index (χ1n) is 9.28. The number of aliphatic imine (C=N–C) groups is 1. The third-order valence-corrected chi connectivity index (χ3v) is 6.35. The second-order valence-corrected chi connectivity index (χ2v) is 9.63. The number of halogens is 1. The van der Waals surface area contributed by atoms with E-state index in [0.717, 1.165) is 45.0 Å². The van der Waals surface area contributed by atoms with Gasteiger partial charge in [0.15, 0.2) is 5.96 Å². The van der Waals surface area contributed by atoms with Crippen LogP contribution in [0.25, 0.3) is 0 Å². The number of nitrogens with one attached hydrogen (secondary N) is 1. The number of nitrogens with zero attached hydrogens (tertiary/aromatic N) is 3. The first-order chi connectivity index (χ1) is 11.3. The zero-order valence-electron chi connectivity index (χ0n) is 16.1. The molecule has 6 nitrogen and oxygen atoms in total. The molecule has 0 amide bonds. The van der Waals surface area contributed by atoms with E-state index in [1.54, 1.807) is 4.31 Å². The molecule has 0 bridgehead atoms. The van der Waals surface area contributed by atoms with Crippen LogP contribution in [0, 0.1) is 17.8 Å². The van der Waals surface area contributed by atoms with E-state index in [4.69, 9.17) is 4.99 Å². The number of guanidine groups is 1. The average molecular weight is 486 g/mol. The number of sulfonamides is 1. The Kier molecular flexibility index (Phi) is 9.45. The summed E-state index contributed by atoms with van der Waals surface area (Å²) in [6.07, 6.45) is 4.40. The minimum Gasteiger partial charge on any atom is -0.357 e. The summed E-state index contributed by atoms with van der Waals surface area (Å²) in [6.45, 7) is 11.8. The largest absolute Gasteiger partial charge is 0.357 e. The van der Waals surface area contributed by atoms with Gasteiger partial charge in [-0.05, 0) is 43.9 Å². The second-order valence-electron chi connectivity index (χ2n) is 7.65. The Hall–Kier alpha value is -0.0900. The Labute approximate surface area is 170 Å². The molecule has 2 atom stereocenters. The molecule has 2 fully saturated rings. The summed E-state index contributed by atoms with van der Waals surface area (Å²) < 4.78 is 24.8. The minimum atomic E-state index is -3.04. The van der Waals surface area contributed by atoms with Crippen LogP contribution in [0.3, 0.4) is 0 Å². The Morgan fingerprint density at radius 2 is 1.72 bits per heavy atom. The van der Waals surface area contributed by atoms with Gasteiger partial charge in [0.25, 0.3) is 0 Å². The van der Waals surface area contributed by atoms with Crippen molar-refractivity contribution in [3.8, 4) is 0 Å². The summed E-state index contributed by atoms with van der Waals surface area (Å²) in [7, 11) is -3.04. The van der Waals surface area contributed by atoms with Crippen LogP contribution >= 0.6 is 24.0 Å². The first-order valence-corrected chi connectivity index (χ1v) is 11.1. The normalized spacial score (nSPS) is 27.0. The third-order valence-electron chi connectivity index (χ3n) is 5.05. The molecule has 1 N–H and O–H groups in total. The molecule has 0 saturated carbocycles. The molecule has 0 aromatic rings. The zero-order valence-corrected chi connectivity index (χ0v) is 19.2. The van der Waals surface area contributed by atoms with Crippen LogP contribution < -0.4 is 5.32 Å². The molecule has 2 aliphatic rings. The molecule has 8 heteroatoms. The fraction of sp³-hybridized carbons (Fsp3) is 0.941. The molecular weight excluding hydrogens is 451 g/mol. The lowest BCUT2D eigenvalue weighted by molar-refractivity contribution is 0.207. The lowest BCUT2D eigenvalue weighted by atomic mass is 9.92. The van der Waals surface area contributed by atoms with Gasteiger partial charge in [-0.3, -0.25) is 4.99 Å². The molecule has 2 saturated heterocycles. The van der Waals surface area contributed by atoms with Crippen molar-refractivity contribution in [1.82, 2.24) is 14.5 Å². The van der Waals surface area contributed by atoms with E-state index in [1.165, 1.54) is 12.7 Å². The summed E-state index contributed by atoms with van der Waals surface area (Å²) in [4.78, 5) is 7.28. The molecule has 0 aromatic carbocycles. The van der Waals surface area contributed by atoms with E-state index < -0.39 is 10.0 Å². The van der Waals surface area contributed by atoms with Crippen LogP contribution in [-0.2, 0) is 10.0 Å². The van der Waals surface area contributed by atoms with E-state index in [2.05, 4.69) is 31.0 Å². The van der Waals surface area contributed by atoms with Gasteiger partial charge in [-0.25, -0.2) is 12.7 Å². The Morgan fingerprint density at radius 1 is 1.16 bits per heavy atom. The summed E-state index contributed by atoms with van der Waals surface area (Å²) >= 11 is 0. The lowest BCUT2D eigenvalue weighted by Crippen LogP contribution is -2.48. The monoisotopic (exact) mass is 486 g/mol. The van der Waals surface area contributed by atoms with Crippen molar-refractivity contribution in [3.05, 3.63) is 0 Å². The average Bonchev–Trinajstić information content (AvgIpc) is 2.50. The lowest BCUT2D eigenvalue weighted by Gasteiger charge is -2.37. The quantitative estimate of drug-likeness (QED) is 0.376. The van der Waals surface area contributed by atoms with Crippen LogP contribution in [0.2, 0.25) is 0 Å². The molecule has 2 aliphatic heterocycles. The highest BCUT2D eigenvalue weighted by Gasteiger charge is 2.26. The highest BCUT2D eigenvalue weighted by molar-refractivity contribution is 14.0. The van der Waals surface area contributed by atoms with Gasteiger partial charge < -0.3 is 10.2 Å². The van der Waals surface area contributed by atoms with Gasteiger partial charge in [0.2, 0.25) is 10.0 Å². The molecule has 148 valence electrons. The van der Waals surface area contributed by atoms with Crippen LogP contribution in [0.5, 0.6) is 0 Å². The molecular formula is C17H35IN4O2S. The molecule has 2 rings (SSSR count). The SMILES string of the molecule is CCNC(=NCC1CCN(S(C)(=O)=O)CC1)N1CC(C)CC(C)C1.I. The zero-order chi connectivity index (χ0) is 17.7. The smallest absolute Gasteiger partial charge is 0.211 e. The van der Waals surface area contributed by atoms with Crippen molar-refractivity contribution in [2.75, 3.05) is 45.5 Å². The van der Waals surface area contributed by atoms with Gasteiger partial charge in [-0.2, -0.15) is 0 Å². The Balaban J connectivity index is 0.00000312. The molecule has 0 aliphatic carbocycles. The standard InChI is InChI=1S/C17H34N4O2S.HI/c1-5-18-17(20-12-14(2)10-15(3)13-20)19-11-16-6-8-21(9-7-16)24(4,22)23;/h14-16H,5-13H2,1-4H3,(H,18,19);1H. The second kappa shape index (κ2) is 10.3. The summed E-state index contributed by atoms with van der Waals surface area (Å²) in [5, 5.41) is 3.44. The van der Waals surface area contributed by atoms with Gasteiger partial charge in [0.1, 0.15) is 0 Å². The molecule has 0 radical (unpaired) electrons. The fourth-order valence-corrected chi connectivity index (χ4v) is 4.77. The highest BCUT2D eigenvalue weighted by Crippen LogP contribution is 2.22. The van der Waals surface area contributed by atoms with Crippen molar-refractivity contribution in [1.29, 1.82) is 0 Å². The maximum atomic E-state index is 11.6. The maximum absolute atomic E-state index is 11.6. The summed E-state index contributed by atoms with van der Waals surface area (Å²) in [5.74, 6) is 2.92. The van der Waals surface area contributed by atoms with Crippen molar-refractivity contribution < 1.29 is 8.42 Å². The number of rotatable bonds is 4. The number of hydrogen-bond donors (Lipinski definition) is 1. The van der Waals surface area contributed by atoms with Crippen molar-refractivity contribution in [2.45, 2.75) is 40.0 Å². The van der Waals surface area contributed by atoms with E-state index in [0.29, 0.717) is 30.8 Å². The molecule has 2 unspecified atom stereocenters. The molecule has 2 heterocycles. The summed E-state index contributed by atoms with van der Waals surface area (Å²) in [5.41, 5.74) is 0.